The molecule has 152 valence electrons. The zero-order valence-corrected chi connectivity index (χ0v) is 18.2. The molecule has 0 unspecified atom stereocenters. The van der Waals surface area contributed by atoms with Crippen molar-refractivity contribution in [2.24, 2.45) is 10.7 Å². The number of amides is 1. The van der Waals surface area contributed by atoms with Gasteiger partial charge in [0.2, 0.25) is 5.91 Å². The Labute approximate surface area is 186 Å². The van der Waals surface area contributed by atoms with E-state index in [4.69, 9.17) is 10.5 Å². The zero-order chi connectivity index (χ0) is 19.8. The molecule has 0 radical (unpaired) electrons. The third kappa shape index (κ3) is 6.79. The number of carbonyl (C=O) groups is 1. The van der Waals surface area contributed by atoms with Gasteiger partial charge in [-0.2, -0.15) is 5.10 Å². The van der Waals surface area contributed by atoms with Crippen LogP contribution in [0.1, 0.15) is 5.56 Å². The van der Waals surface area contributed by atoms with Gasteiger partial charge in [0, 0.05) is 18.1 Å². The number of anilines is 2. The van der Waals surface area contributed by atoms with Crippen LogP contribution < -0.4 is 21.1 Å². The highest BCUT2D eigenvalue weighted by Crippen LogP contribution is 2.22. The Morgan fingerprint density at radius 1 is 1.17 bits per heavy atom. The first-order valence-electron chi connectivity index (χ1n) is 8.70. The Morgan fingerprint density at radius 3 is 2.76 bits per heavy atom. The molecule has 29 heavy (non-hydrogen) atoms. The van der Waals surface area contributed by atoms with E-state index in [9.17, 15) is 4.79 Å². The second-order valence-electron chi connectivity index (χ2n) is 5.98. The van der Waals surface area contributed by atoms with Gasteiger partial charge in [0.25, 0.3) is 0 Å². The van der Waals surface area contributed by atoms with E-state index in [2.05, 4.69) is 20.7 Å². The summed E-state index contributed by atoms with van der Waals surface area (Å²) in [6.45, 7) is 0.530. The monoisotopic (exact) mass is 506 g/mol. The van der Waals surface area contributed by atoms with Gasteiger partial charge in [-0.05, 0) is 35.9 Å². The van der Waals surface area contributed by atoms with Gasteiger partial charge in [-0.25, -0.2) is 4.99 Å². The Kier molecular flexibility index (Phi) is 8.46. The molecule has 1 heterocycles. The minimum Gasteiger partial charge on any atom is -0.495 e. The van der Waals surface area contributed by atoms with E-state index in [1.807, 2.05) is 48.5 Å². The summed E-state index contributed by atoms with van der Waals surface area (Å²) < 4.78 is 6.84. The molecule has 8 nitrogen and oxygen atoms in total. The van der Waals surface area contributed by atoms with E-state index in [-0.39, 0.29) is 42.4 Å². The average molecular weight is 506 g/mol. The van der Waals surface area contributed by atoms with Crippen LogP contribution in [0.3, 0.4) is 0 Å². The maximum absolute atomic E-state index is 12.1. The van der Waals surface area contributed by atoms with Gasteiger partial charge >= 0.3 is 0 Å². The number of guanidine groups is 1. The van der Waals surface area contributed by atoms with Crippen LogP contribution in [0.5, 0.6) is 5.75 Å². The number of aromatic nitrogens is 2. The fourth-order valence-corrected chi connectivity index (χ4v) is 2.59. The molecule has 0 aliphatic carbocycles. The third-order valence-corrected chi connectivity index (χ3v) is 3.88. The van der Waals surface area contributed by atoms with Crippen molar-refractivity contribution in [3.63, 3.8) is 0 Å². The minimum atomic E-state index is -0.151. The fourth-order valence-electron chi connectivity index (χ4n) is 2.59. The van der Waals surface area contributed by atoms with E-state index in [1.54, 1.807) is 30.3 Å². The molecule has 9 heteroatoms. The molecular weight excluding hydrogens is 483 g/mol. The number of methoxy groups -OCH3 is 1. The van der Waals surface area contributed by atoms with Crippen molar-refractivity contribution >= 4 is 47.2 Å². The number of benzene rings is 2. The Balaban J connectivity index is 0.00000300. The van der Waals surface area contributed by atoms with Crippen molar-refractivity contribution < 1.29 is 9.53 Å². The lowest BCUT2D eigenvalue weighted by Gasteiger charge is -2.10. The van der Waals surface area contributed by atoms with Gasteiger partial charge in [0.05, 0.1) is 19.3 Å². The van der Waals surface area contributed by atoms with Crippen molar-refractivity contribution in [3.8, 4) is 5.75 Å². The molecule has 0 bridgehead atoms. The highest BCUT2D eigenvalue weighted by Gasteiger charge is 2.05. The van der Waals surface area contributed by atoms with Crippen LogP contribution in [-0.2, 0) is 17.9 Å². The fraction of sp³-hybridized carbons (Fsp3) is 0.150. The zero-order valence-electron chi connectivity index (χ0n) is 15.9. The molecule has 3 aromatic rings. The Hall–Kier alpha value is -3.08. The minimum absolute atomic E-state index is 0. The molecule has 0 saturated carbocycles. The molecule has 4 N–H and O–H groups in total. The van der Waals surface area contributed by atoms with E-state index in [0.29, 0.717) is 18.0 Å². The SMILES string of the molecule is COc1ccccc1NC(N)=NCc1cccc(NC(=O)Cn2cccn2)c1.I. The predicted octanol–water partition coefficient (Wildman–Crippen LogP) is 3.08. The second-order valence-corrected chi connectivity index (χ2v) is 5.98. The largest absolute Gasteiger partial charge is 0.495 e. The normalized spacial score (nSPS) is 10.7. The highest BCUT2D eigenvalue weighted by atomic mass is 127. The van der Waals surface area contributed by atoms with E-state index >= 15 is 0 Å². The molecular formula is C20H23IN6O2. The second kappa shape index (κ2) is 11.1. The molecule has 0 spiro atoms. The first-order valence-corrected chi connectivity index (χ1v) is 8.70. The number of hydrogen-bond acceptors (Lipinski definition) is 4. The molecule has 1 aromatic heterocycles. The molecule has 0 aliphatic heterocycles. The smallest absolute Gasteiger partial charge is 0.246 e. The lowest BCUT2D eigenvalue weighted by Crippen LogP contribution is -2.23. The number of ether oxygens (including phenoxy) is 1. The number of aliphatic imine (C=N–C) groups is 1. The lowest BCUT2D eigenvalue weighted by atomic mass is 10.2. The molecule has 1 amide bonds. The Morgan fingerprint density at radius 2 is 2.00 bits per heavy atom. The van der Waals surface area contributed by atoms with Crippen molar-refractivity contribution in [3.05, 3.63) is 72.6 Å². The van der Waals surface area contributed by atoms with E-state index < -0.39 is 0 Å². The van der Waals surface area contributed by atoms with Crippen molar-refractivity contribution in [2.45, 2.75) is 13.1 Å². The molecule has 0 atom stereocenters. The number of halogens is 1. The standard InChI is InChI=1S/C20H22N6O2.HI/c1-28-18-9-3-2-8-17(18)25-20(21)22-13-15-6-4-7-16(12-15)24-19(27)14-26-11-5-10-23-26;/h2-12H,13-14H2,1H3,(H,24,27)(H3,21,22,25);1H. The quantitative estimate of drug-likeness (QED) is 0.260. The van der Waals surface area contributed by atoms with Crippen LogP contribution in [0, 0.1) is 0 Å². The topological polar surface area (TPSA) is 107 Å². The van der Waals surface area contributed by atoms with Gasteiger partial charge in [-0.15, -0.1) is 24.0 Å². The molecule has 0 aliphatic rings. The predicted molar refractivity (Wildman–Crippen MR) is 125 cm³/mol. The molecule has 3 rings (SSSR count). The van der Waals surface area contributed by atoms with Crippen LogP contribution >= 0.6 is 24.0 Å². The molecule has 2 aromatic carbocycles. The number of carbonyl (C=O) groups excluding carboxylic acids is 1. The summed E-state index contributed by atoms with van der Waals surface area (Å²) in [6, 6.07) is 16.7. The van der Waals surface area contributed by atoms with Crippen molar-refractivity contribution in [1.29, 1.82) is 0 Å². The molecule has 0 saturated heterocycles. The van der Waals surface area contributed by atoms with Crippen molar-refractivity contribution in [1.82, 2.24) is 9.78 Å². The first kappa shape index (κ1) is 22.2. The van der Waals surface area contributed by atoms with Crippen LogP contribution in [0.4, 0.5) is 11.4 Å². The number of nitrogens with two attached hydrogens (primary N) is 1. The average Bonchev–Trinajstić information content (AvgIpc) is 3.20. The number of hydrogen-bond donors (Lipinski definition) is 3. The van der Waals surface area contributed by atoms with Gasteiger partial charge in [0.15, 0.2) is 5.96 Å². The summed E-state index contributed by atoms with van der Waals surface area (Å²) in [6.07, 6.45) is 3.37. The van der Waals surface area contributed by atoms with Crippen LogP contribution in [0.15, 0.2) is 72.0 Å². The summed E-state index contributed by atoms with van der Waals surface area (Å²) in [4.78, 5) is 16.4. The first-order chi connectivity index (χ1) is 13.6. The summed E-state index contributed by atoms with van der Waals surface area (Å²) in [7, 11) is 1.60. The summed E-state index contributed by atoms with van der Waals surface area (Å²) in [5, 5.41) is 9.90. The summed E-state index contributed by atoms with van der Waals surface area (Å²) in [5.41, 5.74) is 8.33. The maximum atomic E-state index is 12.1. The van der Waals surface area contributed by atoms with E-state index in [0.717, 1.165) is 11.3 Å². The number of para-hydroxylation sites is 2. The van der Waals surface area contributed by atoms with Crippen LogP contribution in [-0.4, -0.2) is 28.8 Å². The number of nitrogens with one attached hydrogen (secondary N) is 2. The van der Waals surface area contributed by atoms with Crippen LogP contribution in [0.2, 0.25) is 0 Å². The third-order valence-electron chi connectivity index (χ3n) is 3.88. The van der Waals surface area contributed by atoms with Gasteiger partial charge < -0.3 is 21.1 Å². The summed E-state index contributed by atoms with van der Waals surface area (Å²) in [5.74, 6) is 0.807. The van der Waals surface area contributed by atoms with Gasteiger partial charge in [-0.3, -0.25) is 9.48 Å². The highest BCUT2D eigenvalue weighted by molar-refractivity contribution is 14.0. The van der Waals surface area contributed by atoms with E-state index in [1.165, 1.54) is 0 Å². The molecule has 0 fully saturated rings. The Bertz CT molecular complexity index is 959. The lowest BCUT2D eigenvalue weighted by molar-refractivity contribution is -0.116. The van der Waals surface area contributed by atoms with Gasteiger partial charge in [0.1, 0.15) is 12.3 Å². The number of nitrogens with zero attached hydrogens (tertiary/aromatic N) is 3. The van der Waals surface area contributed by atoms with Gasteiger partial charge in [-0.1, -0.05) is 24.3 Å². The number of rotatable bonds is 7. The van der Waals surface area contributed by atoms with Crippen LogP contribution in [0.25, 0.3) is 0 Å². The van der Waals surface area contributed by atoms with Crippen molar-refractivity contribution in [2.75, 3.05) is 17.7 Å². The maximum Gasteiger partial charge on any atom is 0.246 e. The summed E-state index contributed by atoms with van der Waals surface area (Å²) >= 11 is 0.